The van der Waals surface area contributed by atoms with E-state index in [2.05, 4.69) is 48.9 Å². The molecule has 1 aromatic carbocycles. The Kier molecular flexibility index (Phi) is 4.71. The molecule has 0 atom stereocenters. The topological polar surface area (TPSA) is 43.2 Å². The van der Waals surface area contributed by atoms with Gasteiger partial charge in [0.05, 0.1) is 11.6 Å². The molecule has 1 aromatic heterocycles. The van der Waals surface area contributed by atoms with Crippen LogP contribution >= 0.6 is 15.9 Å². The second-order valence-electron chi connectivity index (χ2n) is 5.41. The fraction of sp³-hybridized carbons (Fsp3) is 0.294. The Balaban J connectivity index is 1.57. The molecule has 0 saturated carbocycles. The summed E-state index contributed by atoms with van der Waals surface area (Å²) in [6.45, 7) is 4.87. The van der Waals surface area contributed by atoms with E-state index in [1.54, 1.807) is 0 Å². The van der Waals surface area contributed by atoms with E-state index in [-0.39, 0.29) is 0 Å². The van der Waals surface area contributed by atoms with Crippen molar-refractivity contribution in [2.75, 3.05) is 31.1 Å². The first-order valence-electron chi connectivity index (χ1n) is 7.32. The van der Waals surface area contributed by atoms with Crippen molar-refractivity contribution in [1.29, 1.82) is 5.26 Å². The van der Waals surface area contributed by atoms with E-state index in [0.29, 0.717) is 0 Å². The van der Waals surface area contributed by atoms with Gasteiger partial charge >= 0.3 is 0 Å². The van der Waals surface area contributed by atoms with Gasteiger partial charge in [-0.05, 0) is 45.8 Å². The lowest BCUT2D eigenvalue weighted by molar-refractivity contribution is 0.249. The number of rotatable bonds is 3. The summed E-state index contributed by atoms with van der Waals surface area (Å²) in [4.78, 5) is 9.19. The molecule has 22 heavy (non-hydrogen) atoms. The Bertz CT molecular complexity index is 670. The number of benzene rings is 1. The summed E-state index contributed by atoms with van der Waals surface area (Å²) in [6, 6.07) is 14.1. The Morgan fingerprint density at radius 3 is 2.64 bits per heavy atom. The van der Waals surface area contributed by atoms with Gasteiger partial charge in [0.25, 0.3) is 0 Å². The van der Waals surface area contributed by atoms with Crippen LogP contribution < -0.4 is 4.90 Å². The monoisotopic (exact) mass is 356 g/mol. The normalized spacial score (nSPS) is 15.5. The van der Waals surface area contributed by atoms with Gasteiger partial charge in [-0.3, -0.25) is 4.90 Å². The Labute approximate surface area is 139 Å². The number of anilines is 1. The molecule has 1 aliphatic heterocycles. The van der Waals surface area contributed by atoms with E-state index in [4.69, 9.17) is 5.26 Å². The zero-order valence-corrected chi connectivity index (χ0v) is 13.8. The summed E-state index contributed by atoms with van der Waals surface area (Å²) in [5, 5.41) is 8.97. The van der Waals surface area contributed by atoms with E-state index < -0.39 is 0 Å². The van der Waals surface area contributed by atoms with Gasteiger partial charge in [0, 0.05) is 43.4 Å². The molecule has 5 heteroatoms. The average Bonchev–Trinajstić information content (AvgIpc) is 2.57. The molecular weight excluding hydrogens is 340 g/mol. The van der Waals surface area contributed by atoms with Crippen molar-refractivity contribution in [2.24, 2.45) is 0 Å². The number of nitrogens with zero attached hydrogens (tertiary/aromatic N) is 4. The predicted molar refractivity (Wildman–Crippen MR) is 90.6 cm³/mol. The lowest BCUT2D eigenvalue weighted by Gasteiger charge is -2.35. The zero-order chi connectivity index (χ0) is 15.4. The number of piperazine rings is 1. The van der Waals surface area contributed by atoms with Crippen LogP contribution in [0, 0.1) is 11.3 Å². The summed E-state index contributed by atoms with van der Waals surface area (Å²) in [5.74, 6) is 1.04. The van der Waals surface area contributed by atoms with Crippen LogP contribution in [0.25, 0.3) is 0 Å². The van der Waals surface area contributed by atoms with E-state index in [1.807, 2.05) is 30.5 Å². The number of pyridine rings is 1. The van der Waals surface area contributed by atoms with Gasteiger partial charge in [0.2, 0.25) is 0 Å². The minimum Gasteiger partial charge on any atom is -0.354 e. The highest BCUT2D eigenvalue weighted by atomic mass is 79.9. The largest absolute Gasteiger partial charge is 0.354 e. The smallest absolute Gasteiger partial charge is 0.128 e. The van der Waals surface area contributed by atoms with Crippen LogP contribution in [0.1, 0.15) is 11.1 Å². The molecule has 0 aliphatic carbocycles. The molecule has 2 heterocycles. The van der Waals surface area contributed by atoms with Crippen LogP contribution in [-0.4, -0.2) is 36.1 Å². The predicted octanol–water partition coefficient (Wildman–Crippen LogP) is 3.04. The molecule has 1 fully saturated rings. The van der Waals surface area contributed by atoms with Gasteiger partial charge in [-0.15, -0.1) is 0 Å². The first-order valence-corrected chi connectivity index (χ1v) is 8.12. The van der Waals surface area contributed by atoms with Crippen molar-refractivity contribution in [3.05, 3.63) is 58.2 Å². The van der Waals surface area contributed by atoms with Crippen molar-refractivity contribution < 1.29 is 0 Å². The van der Waals surface area contributed by atoms with E-state index >= 15 is 0 Å². The fourth-order valence-electron chi connectivity index (χ4n) is 2.69. The quantitative estimate of drug-likeness (QED) is 0.847. The molecule has 0 spiro atoms. The van der Waals surface area contributed by atoms with E-state index in [0.717, 1.165) is 48.6 Å². The minimum atomic E-state index is 0.732. The van der Waals surface area contributed by atoms with Crippen LogP contribution in [0.3, 0.4) is 0 Å². The van der Waals surface area contributed by atoms with Gasteiger partial charge in [-0.2, -0.15) is 5.26 Å². The maximum Gasteiger partial charge on any atom is 0.128 e. The second-order valence-corrected chi connectivity index (χ2v) is 6.33. The maximum absolute atomic E-state index is 8.97. The Morgan fingerprint density at radius 1 is 1.14 bits per heavy atom. The summed E-state index contributed by atoms with van der Waals surface area (Å²) < 4.78 is 1.01. The second kappa shape index (κ2) is 6.91. The molecule has 0 amide bonds. The molecule has 4 nitrogen and oxygen atoms in total. The van der Waals surface area contributed by atoms with Crippen LogP contribution in [0.2, 0.25) is 0 Å². The molecule has 0 bridgehead atoms. The zero-order valence-electron chi connectivity index (χ0n) is 12.2. The van der Waals surface area contributed by atoms with Gasteiger partial charge in [0.15, 0.2) is 0 Å². The van der Waals surface area contributed by atoms with Gasteiger partial charge in [0.1, 0.15) is 5.82 Å². The third-order valence-electron chi connectivity index (χ3n) is 3.87. The van der Waals surface area contributed by atoms with Gasteiger partial charge < -0.3 is 4.90 Å². The highest BCUT2D eigenvalue weighted by molar-refractivity contribution is 9.10. The van der Waals surface area contributed by atoms with Crippen LogP contribution in [0.15, 0.2) is 47.1 Å². The fourth-order valence-corrected chi connectivity index (χ4v) is 2.92. The summed E-state index contributed by atoms with van der Waals surface area (Å²) in [7, 11) is 0. The third-order valence-corrected chi connectivity index (χ3v) is 4.34. The highest BCUT2D eigenvalue weighted by Crippen LogP contribution is 2.17. The Morgan fingerprint density at radius 2 is 1.95 bits per heavy atom. The molecule has 1 aliphatic rings. The van der Waals surface area contributed by atoms with Crippen LogP contribution in [0.4, 0.5) is 5.82 Å². The van der Waals surface area contributed by atoms with Gasteiger partial charge in [-0.25, -0.2) is 4.98 Å². The maximum atomic E-state index is 8.97. The molecule has 1 saturated heterocycles. The highest BCUT2D eigenvalue weighted by Gasteiger charge is 2.18. The average molecular weight is 357 g/mol. The van der Waals surface area contributed by atoms with Crippen molar-refractivity contribution in [1.82, 2.24) is 9.88 Å². The van der Waals surface area contributed by atoms with Crippen molar-refractivity contribution in [2.45, 2.75) is 6.54 Å². The first kappa shape index (κ1) is 15.0. The molecule has 0 radical (unpaired) electrons. The molecular formula is C17H17BrN4. The molecule has 0 unspecified atom stereocenters. The van der Waals surface area contributed by atoms with E-state index in [1.165, 1.54) is 5.56 Å². The minimum absolute atomic E-state index is 0.732. The Hall–Kier alpha value is -1.90. The molecule has 2 aromatic rings. The number of nitriles is 1. The number of halogens is 1. The van der Waals surface area contributed by atoms with Crippen LogP contribution in [-0.2, 0) is 6.54 Å². The molecule has 112 valence electrons. The SMILES string of the molecule is N#Cc1cccc(CN2CCN(c3ccc(Br)cn3)CC2)c1. The van der Waals surface area contributed by atoms with E-state index in [9.17, 15) is 0 Å². The summed E-state index contributed by atoms with van der Waals surface area (Å²) in [5.41, 5.74) is 1.93. The molecule has 0 N–H and O–H groups in total. The lowest BCUT2D eigenvalue weighted by atomic mass is 10.1. The van der Waals surface area contributed by atoms with Crippen molar-refractivity contribution in [3.8, 4) is 6.07 Å². The standard InChI is InChI=1S/C17H17BrN4/c18-16-4-5-17(20-12-16)22-8-6-21(7-9-22)13-15-3-1-2-14(10-15)11-19/h1-5,10,12H,6-9,13H2. The lowest BCUT2D eigenvalue weighted by Crippen LogP contribution is -2.46. The first-order chi connectivity index (χ1) is 10.7. The van der Waals surface area contributed by atoms with Crippen molar-refractivity contribution in [3.63, 3.8) is 0 Å². The number of hydrogen-bond donors (Lipinski definition) is 0. The summed E-state index contributed by atoms with van der Waals surface area (Å²) in [6.07, 6.45) is 1.84. The van der Waals surface area contributed by atoms with Crippen molar-refractivity contribution >= 4 is 21.7 Å². The molecule has 3 rings (SSSR count). The number of hydrogen-bond acceptors (Lipinski definition) is 4. The summed E-state index contributed by atoms with van der Waals surface area (Å²) >= 11 is 3.42. The van der Waals surface area contributed by atoms with Gasteiger partial charge in [-0.1, -0.05) is 12.1 Å². The third kappa shape index (κ3) is 3.65. The van der Waals surface area contributed by atoms with Crippen LogP contribution in [0.5, 0.6) is 0 Å². The number of aromatic nitrogens is 1.